The monoisotopic (exact) mass is 346 g/mol. The molecule has 0 aromatic carbocycles. The van der Waals surface area contributed by atoms with Gasteiger partial charge in [-0.15, -0.1) is 0 Å². The van der Waals surface area contributed by atoms with Gasteiger partial charge < -0.3 is 5.11 Å². The number of hydrogen-bond donors (Lipinski definition) is 1. The normalized spacial score (nSPS) is 32.6. The zero-order chi connectivity index (χ0) is 19.4. The first-order valence-electron chi connectivity index (χ1n) is 10.2. The Hall–Kier alpha value is -0.820. The second kappa shape index (κ2) is 8.71. The molecule has 3 atom stereocenters. The van der Waals surface area contributed by atoms with Gasteiger partial charge in [0, 0.05) is 6.61 Å². The molecule has 1 heteroatoms. The topological polar surface area (TPSA) is 20.2 Å². The van der Waals surface area contributed by atoms with Gasteiger partial charge in [-0.2, -0.15) is 0 Å². The standard InChI is InChI=1S/C20H32O.C4H10/c1-14(2)15(3)12-17-8-9-18-19(5,13-21)10-7-11-20(18,6)16(17)4;1-4(2)3/h8-9,12,14,18,21H,7,10-11,13H2,1-6H3;4H,1-3H3/b15-12+;. The zero-order valence-corrected chi connectivity index (χ0v) is 18.2. The van der Waals surface area contributed by atoms with Gasteiger partial charge in [0.05, 0.1) is 0 Å². The molecule has 144 valence electrons. The van der Waals surface area contributed by atoms with Crippen LogP contribution in [0.25, 0.3) is 0 Å². The lowest BCUT2D eigenvalue weighted by molar-refractivity contribution is -0.00222. The second-order valence-corrected chi connectivity index (χ2v) is 9.78. The molecule has 0 spiro atoms. The average molecular weight is 347 g/mol. The molecule has 0 aromatic rings. The van der Waals surface area contributed by atoms with E-state index in [1.807, 2.05) is 0 Å². The molecule has 3 unspecified atom stereocenters. The molecule has 2 aliphatic carbocycles. The number of rotatable bonds is 3. The number of aliphatic hydroxyl groups is 1. The van der Waals surface area contributed by atoms with Crippen molar-refractivity contribution < 1.29 is 5.11 Å². The Kier molecular flexibility index (Phi) is 7.74. The van der Waals surface area contributed by atoms with E-state index in [0.717, 1.165) is 12.3 Å². The molecule has 0 radical (unpaired) electrons. The molecule has 0 bridgehead atoms. The van der Waals surface area contributed by atoms with E-state index in [0.29, 0.717) is 18.4 Å². The van der Waals surface area contributed by atoms with Crippen LogP contribution in [0.2, 0.25) is 0 Å². The Bertz CT molecular complexity index is 532. The minimum atomic E-state index is 0.0348. The molecule has 1 fully saturated rings. The molecule has 1 nitrogen and oxygen atoms in total. The van der Waals surface area contributed by atoms with E-state index in [4.69, 9.17) is 0 Å². The fourth-order valence-electron chi connectivity index (χ4n) is 4.21. The molecule has 1 saturated carbocycles. The first-order valence-corrected chi connectivity index (χ1v) is 10.2. The van der Waals surface area contributed by atoms with Crippen molar-refractivity contribution in [2.45, 2.75) is 81.6 Å². The van der Waals surface area contributed by atoms with Crippen molar-refractivity contribution in [1.29, 1.82) is 0 Å². The molecule has 0 aliphatic heterocycles. The van der Waals surface area contributed by atoms with Gasteiger partial charge in [0.2, 0.25) is 0 Å². The Labute approximate surface area is 157 Å². The second-order valence-electron chi connectivity index (χ2n) is 9.78. The zero-order valence-electron chi connectivity index (χ0n) is 18.2. The van der Waals surface area contributed by atoms with Gasteiger partial charge in [-0.3, -0.25) is 0 Å². The molecular weight excluding hydrogens is 304 g/mol. The Morgan fingerprint density at radius 2 is 1.76 bits per heavy atom. The van der Waals surface area contributed by atoms with E-state index in [2.05, 4.69) is 80.5 Å². The number of allylic oxidation sites excluding steroid dienone is 6. The lowest BCUT2D eigenvalue weighted by Crippen LogP contribution is -2.46. The maximum Gasteiger partial charge on any atom is 0.0490 e. The Morgan fingerprint density at radius 3 is 2.24 bits per heavy atom. The highest BCUT2D eigenvalue weighted by Gasteiger charge is 2.49. The highest BCUT2D eigenvalue weighted by atomic mass is 16.3. The number of fused-ring (bicyclic) bond motifs is 1. The van der Waals surface area contributed by atoms with Crippen molar-refractivity contribution in [1.82, 2.24) is 0 Å². The highest BCUT2D eigenvalue weighted by molar-refractivity contribution is 5.44. The Balaban J connectivity index is 0.000000705. The van der Waals surface area contributed by atoms with E-state index in [1.54, 1.807) is 0 Å². The maximum atomic E-state index is 9.91. The molecule has 0 aromatic heterocycles. The van der Waals surface area contributed by atoms with Gasteiger partial charge in [0.15, 0.2) is 0 Å². The molecule has 2 rings (SSSR count). The smallest absolute Gasteiger partial charge is 0.0490 e. The summed E-state index contributed by atoms with van der Waals surface area (Å²) in [4.78, 5) is 0. The fourth-order valence-corrected chi connectivity index (χ4v) is 4.21. The quantitative estimate of drug-likeness (QED) is 0.586. The van der Waals surface area contributed by atoms with Crippen molar-refractivity contribution in [3.8, 4) is 0 Å². The molecule has 2 aliphatic rings. The van der Waals surface area contributed by atoms with Crippen molar-refractivity contribution in [2.24, 2.45) is 28.6 Å². The minimum Gasteiger partial charge on any atom is -0.396 e. The van der Waals surface area contributed by atoms with Crippen LogP contribution in [0.4, 0.5) is 0 Å². The molecular formula is C24H42O. The molecule has 1 N–H and O–H groups in total. The van der Waals surface area contributed by atoms with E-state index >= 15 is 0 Å². The molecule has 25 heavy (non-hydrogen) atoms. The van der Waals surface area contributed by atoms with Crippen molar-refractivity contribution >= 4 is 0 Å². The predicted molar refractivity (Wildman–Crippen MR) is 112 cm³/mol. The third-order valence-electron chi connectivity index (χ3n) is 6.29. The lowest BCUT2D eigenvalue weighted by Gasteiger charge is -2.53. The van der Waals surface area contributed by atoms with Crippen LogP contribution in [-0.4, -0.2) is 11.7 Å². The summed E-state index contributed by atoms with van der Waals surface area (Å²) in [6.45, 7) is 20.5. The van der Waals surface area contributed by atoms with Crippen LogP contribution in [0.1, 0.15) is 81.6 Å². The van der Waals surface area contributed by atoms with Gasteiger partial charge >= 0.3 is 0 Å². The molecule has 0 saturated heterocycles. The van der Waals surface area contributed by atoms with E-state index in [-0.39, 0.29) is 10.8 Å². The van der Waals surface area contributed by atoms with Crippen LogP contribution in [0, 0.1) is 28.6 Å². The summed E-state index contributed by atoms with van der Waals surface area (Å²) < 4.78 is 0. The third kappa shape index (κ3) is 5.09. The average Bonchev–Trinajstić information content (AvgIpc) is 2.50. The summed E-state index contributed by atoms with van der Waals surface area (Å²) in [5, 5.41) is 9.91. The van der Waals surface area contributed by atoms with Crippen LogP contribution >= 0.6 is 0 Å². The summed E-state index contributed by atoms with van der Waals surface area (Å²) in [7, 11) is 0. The SMILES string of the molecule is CC(C)C.CC1=C(/C=C(\C)C(C)C)C=CC2C(C)(CO)CCCC12C. The van der Waals surface area contributed by atoms with Gasteiger partial charge in [-0.05, 0) is 60.8 Å². The summed E-state index contributed by atoms with van der Waals surface area (Å²) >= 11 is 0. The van der Waals surface area contributed by atoms with Gasteiger partial charge in [-0.25, -0.2) is 0 Å². The predicted octanol–water partition coefficient (Wildman–Crippen LogP) is 6.94. The van der Waals surface area contributed by atoms with Crippen LogP contribution in [0.15, 0.2) is 34.9 Å². The van der Waals surface area contributed by atoms with Crippen LogP contribution in [0.5, 0.6) is 0 Å². The van der Waals surface area contributed by atoms with Gasteiger partial charge in [0.25, 0.3) is 0 Å². The van der Waals surface area contributed by atoms with E-state index < -0.39 is 0 Å². The van der Waals surface area contributed by atoms with Crippen molar-refractivity contribution in [2.75, 3.05) is 6.61 Å². The minimum absolute atomic E-state index is 0.0348. The molecule has 0 amide bonds. The van der Waals surface area contributed by atoms with Crippen molar-refractivity contribution in [3.63, 3.8) is 0 Å². The van der Waals surface area contributed by atoms with E-state index in [9.17, 15) is 5.11 Å². The van der Waals surface area contributed by atoms with Crippen LogP contribution in [-0.2, 0) is 0 Å². The van der Waals surface area contributed by atoms with Crippen LogP contribution < -0.4 is 0 Å². The molecule has 0 heterocycles. The van der Waals surface area contributed by atoms with Gasteiger partial charge in [0.1, 0.15) is 0 Å². The van der Waals surface area contributed by atoms with E-state index in [1.165, 1.54) is 29.6 Å². The maximum absolute atomic E-state index is 9.91. The van der Waals surface area contributed by atoms with Gasteiger partial charge in [-0.1, -0.05) is 84.3 Å². The first-order chi connectivity index (χ1) is 11.5. The lowest BCUT2D eigenvalue weighted by atomic mass is 9.52. The number of hydrogen-bond acceptors (Lipinski definition) is 1. The summed E-state index contributed by atoms with van der Waals surface area (Å²) in [5.74, 6) is 1.89. The van der Waals surface area contributed by atoms with Crippen molar-refractivity contribution in [3.05, 3.63) is 34.9 Å². The largest absolute Gasteiger partial charge is 0.396 e. The third-order valence-corrected chi connectivity index (χ3v) is 6.29. The summed E-state index contributed by atoms with van der Waals surface area (Å²) in [6, 6.07) is 0. The highest BCUT2D eigenvalue weighted by Crippen LogP contribution is 2.57. The summed E-state index contributed by atoms with van der Waals surface area (Å²) in [6.07, 6.45) is 10.6. The fraction of sp³-hybridized carbons (Fsp3) is 0.750. The van der Waals surface area contributed by atoms with Crippen LogP contribution in [0.3, 0.4) is 0 Å². The Morgan fingerprint density at radius 1 is 1.20 bits per heavy atom. The first kappa shape index (κ1) is 22.2. The summed E-state index contributed by atoms with van der Waals surface area (Å²) in [5.41, 5.74) is 4.58. The number of aliphatic hydroxyl groups excluding tert-OH is 1.